The number of carbonyl (C=O) groups excluding carboxylic acids is 1. The van der Waals surface area contributed by atoms with Gasteiger partial charge in [-0.15, -0.1) is 0 Å². The van der Waals surface area contributed by atoms with Gasteiger partial charge in [-0.05, 0) is 24.4 Å². The molecule has 0 N–H and O–H groups in total. The van der Waals surface area contributed by atoms with Crippen LogP contribution in [0.25, 0.3) is 0 Å². The van der Waals surface area contributed by atoms with Gasteiger partial charge in [-0.25, -0.2) is 4.79 Å². The van der Waals surface area contributed by atoms with Crippen LogP contribution in [-0.2, 0) is 20.6 Å². The molecule has 0 aromatic heterocycles. The summed E-state index contributed by atoms with van der Waals surface area (Å²) in [6.45, 7) is 3.46. The van der Waals surface area contributed by atoms with Crippen LogP contribution < -0.4 is 0 Å². The van der Waals surface area contributed by atoms with Gasteiger partial charge in [0.25, 0.3) is 0 Å². The van der Waals surface area contributed by atoms with Crippen LogP contribution in [0.1, 0.15) is 20.3 Å². The summed E-state index contributed by atoms with van der Waals surface area (Å²) in [6.07, 6.45) is 2.40. The predicted octanol–water partition coefficient (Wildman–Crippen LogP) is 0.723. The van der Waals surface area contributed by atoms with Crippen molar-refractivity contribution in [3.8, 4) is 0 Å². The molecular weight excluding hydrogens is 180 g/mol. The van der Waals surface area contributed by atoms with Crippen LogP contribution in [0, 0.1) is 0 Å². The van der Waals surface area contributed by atoms with Gasteiger partial charge in [-0.3, -0.25) is 4.21 Å². The van der Waals surface area contributed by atoms with Crippen molar-refractivity contribution in [2.75, 3.05) is 5.94 Å². The fourth-order valence-corrected chi connectivity index (χ4v) is 0.808. The number of ether oxygens (including phenoxy) is 1. The lowest BCUT2D eigenvalue weighted by atomic mass is 10.2. The molecule has 0 fully saturated rings. The van der Waals surface area contributed by atoms with E-state index >= 15 is 0 Å². The Hall–Kier alpha value is -0.680. The zero-order valence-electron chi connectivity index (χ0n) is 7.03. The summed E-state index contributed by atoms with van der Waals surface area (Å²) < 4.78 is 24.4. The van der Waals surface area contributed by atoms with Crippen molar-refractivity contribution in [2.24, 2.45) is 0 Å². The number of rotatable bonds is 4. The molecule has 4 nitrogen and oxygen atoms in total. The minimum absolute atomic E-state index is 0.433. The SMILES string of the molecule is CCC=C(C)C(=O)OCS(=O)[O-]. The summed E-state index contributed by atoms with van der Waals surface area (Å²) in [4.78, 5) is 10.9. The van der Waals surface area contributed by atoms with E-state index < -0.39 is 23.0 Å². The third kappa shape index (κ3) is 5.03. The maximum absolute atomic E-state index is 10.9. The van der Waals surface area contributed by atoms with Crippen LogP contribution >= 0.6 is 0 Å². The molecule has 0 radical (unpaired) electrons. The molecule has 1 atom stereocenters. The fourth-order valence-electron chi connectivity index (χ4n) is 0.605. The van der Waals surface area contributed by atoms with E-state index in [-0.39, 0.29) is 0 Å². The summed E-state index contributed by atoms with van der Waals surface area (Å²) in [6, 6.07) is 0. The third-order valence-electron chi connectivity index (χ3n) is 1.12. The molecule has 12 heavy (non-hydrogen) atoms. The zero-order chi connectivity index (χ0) is 9.56. The molecule has 70 valence electrons. The lowest BCUT2D eigenvalue weighted by Gasteiger charge is -2.06. The van der Waals surface area contributed by atoms with Crippen molar-refractivity contribution in [2.45, 2.75) is 20.3 Å². The average Bonchev–Trinajstić information content (AvgIpc) is 2.00. The van der Waals surface area contributed by atoms with Crippen molar-refractivity contribution < 1.29 is 18.3 Å². The highest BCUT2D eigenvalue weighted by molar-refractivity contribution is 7.78. The third-order valence-corrected chi connectivity index (χ3v) is 1.43. The van der Waals surface area contributed by atoms with E-state index in [0.29, 0.717) is 5.57 Å². The van der Waals surface area contributed by atoms with Crippen LogP contribution in [0.3, 0.4) is 0 Å². The second-order valence-corrected chi connectivity index (χ2v) is 2.99. The summed E-state index contributed by atoms with van der Waals surface area (Å²) in [5.41, 5.74) is 0.433. The highest BCUT2D eigenvalue weighted by Gasteiger charge is 2.03. The first kappa shape index (κ1) is 11.3. The summed E-state index contributed by atoms with van der Waals surface area (Å²) in [7, 11) is 0. The second kappa shape index (κ2) is 5.91. The quantitative estimate of drug-likeness (QED) is 0.373. The van der Waals surface area contributed by atoms with Gasteiger partial charge in [0.05, 0.1) is 0 Å². The lowest BCUT2D eigenvalue weighted by molar-refractivity contribution is -0.137. The van der Waals surface area contributed by atoms with E-state index in [0.717, 1.165) is 6.42 Å². The number of carbonyl (C=O) groups is 1. The molecule has 0 spiro atoms. The molecule has 1 unspecified atom stereocenters. The molecule has 0 aromatic rings. The predicted molar refractivity (Wildman–Crippen MR) is 43.9 cm³/mol. The van der Waals surface area contributed by atoms with E-state index in [1.165, 1.54) is 0 Å². The normalized spacial score (nSPS) is 14.1. The van der Waals surface area contributed by atoms with Crippen LogP contribution in [-0.4, -0.2) is 20.7 Å². The van der Waals surface area contributed by atoms with E-state index in [2.05, 4.69) is 4.74 Å². The molecule has 0 bridgehead atoms. The Morgan fingerprint density at radius 1 is 1.67 bits per heavy atom. The first-order valence-electron chi connectivity index (χ1n) is 3.47. The molecule has 0 saturated heterocycles. The maximum atomic E-state index is 10.9. The Bertz CT molecular complexity index is 209. The molecule has 0 amide bonds. The standard InChI is InChI=1S/C7H12O4S/c1-3-4-6(2)7(8)11-5-12(9)10/h4H,3,5H2,1-2H3,(H,9,10)/p-1. The monoisotopic (exact) mass is 191 g/mol. The van der Waals surface area contributed by atoms with Gasteiger partial charge in [0, 0.05) is 5.57 Å². The summed E-state index contributed by atoms with van der Waals surface area (Å²) in [5.74, 6) is -1.16. The molecule has 0 heterocycles. The largest absolute Gasteiger partial charge is 0.770 e. The van der Waals surface area contributed by atoms with Gasteiger partial charge in [0.2, 0.25) is 0 Å². The minimum atomic E-state index is -2.33. The summed E-state index contributed by atoms with van der Waals surface area (Å²) >= 11 is -2.33. The van der Waals surface area contributed by atoms with Crippen molar-refractivity contribution in [1.29, 1.82) is 0 Å². The smallest absolute Gasteiger partial charge is 0.334 e. The van der Waals surface area contributed by atoms with Crippen LogP contribution in [0.4, 0.5) is 0 Å². The second-order valence-electron chi connectivity index (χ2n) is 2.15. The van der Waals surface area contributed by atoms with E-state index in [1.807, 2.05) is 6.92 Å². The molecule has 0 aromatic carbocycles. The first-order valence-corrected chi connectivity index (χ1v) is 4.72. The first-order chi connectivity index (χ1) is 5.57. The minimum Gasteiger partial charge on any atom is -0.770 e. The van der Waals surface area contributed by atoms with Gasteiger partial charge in [0.1, 0.15) is 0 Å². The van der Waals surface area contributed by atoms with Crippen LogP contribution in [0.5, 0.6) is 0 Å². The molecule has 0 aliphatic carbocycles. The van der Waals surface area contributed by atoms with Crippen molar-refractivity contribution in [3.05, 3.63) is 11.6 Å². The Labute approximate surface area is 73.9 Å². The molecular formula is C7H11O4S-. The molecule has 5 heteroatoms. The van der Waals surface area contributed by atoms with Gasteiger partial charge in [-0.1, -0.05) is 13.0 Å². The average molecular weight is 191 g/mol. The molecule has 0 rings (SSSR count). The fraction of sp³-hybridized carbons (Fsp3) is 0.571. The van der Waals surface area contributed by atoms with Gasteiger partial charge in [-0.2, -0.15) is 0 Å². The zero-order valence-corrected chi connectivity index (χ0v) is 7.85. The highest BCUT2D eigenvalue weighted by atomic mass is 32.2. The molecule has 0 aliphatic rings. The van der Waals surface area contributed by atoms with Gasteiger partial charge >= 0.3 is 5.97 Å². The number of hydrogen-bond donors (Lipinski definition) is 0. The van der Waals surface area contributed by atoms with E-state index in [9.17, 15) is 13.6 Å². The lowest BCUT2D eigenvalue weighted by Crippen LogP contribution is -2.10. The Morgan fingerprint density at radius 2 is 2.25 bits per heavy atom. The van der Waals surface area contributed by atoms with Crippen molar-refractivity contribution in [1.82, 2.24) is 0 Å². The van der Waals surface area contributed by atoms with E-state index in [4.69, 9.17) is 0 Å². The molecule has 0 aliphatic heterocycles. The van der Waals surface area contributed by atoms with Gasteiger partial charge in [0.15, 0.2) is 5.94 Å². The highest BCUT2D eigenvalue weighted by Crippen LogP contribution is 1.98. The maximum Gasteiger partial charge on any atom is 0.334 e. The van der Waals surface area contributed by atoms with Crippen LogP contribution in [0.15, 0.2) is 11.6 Å². The number of hydrogen-bond acceptors (Lipinski definition) is 4. The Kier molecular flexibility index (Phi) is 5.57. The topological polar surface area (TPSA) is 66.4 Å². The Balaban J connectivity index is 3.88. The molecule has 0 saturated carbocycles. The Morgan fingerprint density at radius 3 is 2.67 bits per heavy atom. The number of allylic oxidation sites excluding steroid dienone is 1. The van der Waals surface area contributed by atoms with Crippen molar-refractivity contribution >= 4 is 17.0 Å². The van der Waals surface area contributed by atoms with E-state index in [1.54, 1.807) is 13.0 Å². The summed E-state index contributed by atoms with van der Waals surface area (Å²) in [5, 5.41) is 0. The van der Waals surface area contributed by atoms with Crippen molar-refractivity contribution in [3.63, 3.8) is 0 Å². The van der Waals surface area contributed by atoms with Gasteiger partial charge < -0.3 is 9.29 Å². The number of esters is 1. The van der Waals surface area contributed by atoms with Crippen LogP contribution in [0.2, 0.25) is 0 Å².